The molecular formula is C18H16NO8+. The number of benzene rings is 3. The topological polar surface area (TPSA) is 119 Å². The first kappa shape index (κ1) is 17.2. The molecule has 3 aromatic carbocycles. The van der Waals surface area contributed by atoms with Crippen LogP contribution in [0.4, 0.5) is 5.69 Å². The largest absolute Gasteiger partial charge is 0.508 e. The van der Waals surface area contributed by atoms with Crippen molar-refractivity contribution in [3.8, 4) is 23.0 Å². The van der Waals surface area contributed by atoms with Gasteiger partial charge in [0.05, 0.1) is 25.2 Å². The highest BCUT2D eigenvalue weighted by atomic mass is 16.8. The minimum Gasteiger partial charge on any atom is -0.508 e. The van der Waals surface area contributed by atoms with E-state index in [1.165, 1.54) is 38.5 Å². The molecule has 0 aliphatic carbocycles. The molecule has 0 amide bonds. The van der Waals surface area contributed by atoms with Gasteiger partial charge in [0.1, 0.15) is 11.5 Å². The summed E-state index contributed by atoms with van der Waals surface area (Å²) in [4.78, 5) is 12.4. The molecule has 27 heavy (non-hydrogen) atoms. The second-order valence-corrected chi connectivity index (χ2v) is 5.89. The molecule has 0 fully saturated rings. The summed E-state index contributed by atoms with van der Waals surface area (Å²) < 4.78 is 21.1. The molecule has 3 aromatic rings. The lowest BCUT2D eigenvalue weighted by Crippen LogP contribution is -3.02. The second-order valence-electron chi connectivity index (χ2n) is 5.89. The van der Waals surface area contributed by atoms with Gasteiger partial charge in [0.15, 0.2) is 11.5 Å². The fourth-order valence-electron chi connectivity index (χ4n) is 3.38. The second kappa shape index (κ2) is 6.16. The van der Waals surface area contributed by atoms with Crippen LogP contribution in [0.3, 0.4) is 0 Å². The third-order valence-electron chi connectivity index (χ3n) is 4.48. The van der Waals surface area contributed by atoms with Crippen LogP contribution in [-0.2, 0) is 4.74 Å². The van der Waals surface area contributed by atoms with E-state index in [0.29, 0.717) is 33.4 Å². The van der Waals surface area contributed by atoms with Crippen molar-refractivity contribution >= 4 is 33.2 Å². The fourth-order valence-corrected chi connectivity index (χ4v) is 3.38. The highest BCUT2D eigenvalue weighted by Crippen LogP contribution is 2.48. The predicted molar refractivity (Wildman–Crippen MR) is 91.3 cm³/mol. The molecule has 0 radical (unpaired) electrons. The number of phenolic OH excluding ortho intramolecular Hbond substituents is 1. The molecule has 1 aliphatic heterocycles. The Hall–Kier alpha value is -3.27. The van der Waals surface area contributed by atoms with Gasteiger partial charge in [-0.05, 0) is 17.4 Å². The van der Waals surface area contributed by atoms with Crippen LogP contribution in [0.15, 0.2) is 24.3 Å². The number of hydrogen-bond acceptors (Lipinski definition) is 8. The van der Waals surface area contributed by atoms with Gasteiger partial charge in [-0.1, -0.05) is 0 Å². The summed E-state index contributed by atoms with van der Waals surface area (Å²) in [6.07, 6.45) is 0. The number of nitrogens with one attached hydrogen (secondary N) is 1. The Balaban J connectivity index is 2.31. The summed E-state index contributed by atoms with van der Waals surface area (Å²) in [7, 11) is 2.65. The molecule has 0 aromatic heterocycles. The summed E-state index contributed by atoms with van der Waals surface area (Å²) in [5.41, 5.74) is 0.0525. The van der Waals surface area contributed by atoms with Crippen LogP contribution >= 0.6 is 0 Å². The molecule has 4 N–H and O–H groups in total. The Bertz CT molecular complexity index is 1090. The lowest BCUT2D eigenvalue weighted by molar-refractivity contribution is -1.19. The number of ether oxygens (including phenoxy) is 4. The number of esters is 1. The van der Waals surface area contributed by atoms with Crippen LogP contribution in [0.1, 0.15) is 10.4 Å². The summed E-state index contributed by atoms with van der Waals surface area (Å²) in [6.45, 7) is -0.0639. The number of aromatic hydroxyl groups is 1. The van der Waals surface area contributed by atoms with E-state index in [4.69, 9.17) is 18.9 Å². The van der Waals surface area contributed by atoms with Gasteiger partial charge >= 0.3 is 5.97 Å². The highest BCUT2D eigenvalue weighted by Gasteiger charge is 2.30. The maximum atomic E-state index is 12.4. The Morgan fingerprint density at radius 2 is 1.85 bits per heavy atom. The molecule has 0 atom stereocenters. The van der Waals surface area contributed by atoms with Gasteiger partial charge in [-0.15, -0.1) is 0 Å². The summed E-state index contributed by atoms with van der Waals surface area (Å²) >= 11 is 0. The standard InChI is InChI=1S/C18H15NO8/c1-24-13-4-8(20)3-10-9(13)5-12(19(22)23)15-11(18(21)25-2)6-14-17(16(10)15)27-7-26-14/h3-6,20,22-23H,7H2,1-2H3/p+1. The van der Waals surface area contributed by atoms with Crippen molar-refractivity contribution < 1.29 is 44.5 Å². The van der Waals surface area contributed by atoms with Crippen LogP contribution in [0, 0.1) is 0 Å². The van der Waals surface area contributed by atoms with E-state index in [1.54, 1.807) is 0 Å². The van der Waals surface area contributed by atoms with Gasteiger partial charge in [-0.25, -0.2) is 4.79 Å². The molecule has 4 rings (SSSR count). The van der Waals surface area contributed by atoms with Crippen molar-refractivity contribution in [2.75, 3.05) is 21.0 Å². The summed E-state index contributed by atoms with van der Waals surface area (Å²) in [6, 6.07) is 5.75. The highest BCUT2D eigenvalue weighted by molar-refractivity contribution is 6.22. The SMILES string of the molecule is COC(=O)c1cc2c(c3c1c([NH+](O)O)cc1c(OC)cc(O)cc13)OCO2. The maximum absolute atomic E-state index is 12.4. The Kier molecular flexibility index (Phi) is 3.92. The fraction of sp³-hybridized carbons (Fsp3) is 0.167. The van der Waals surface area contributed by atoms with Crippen LogP contribution < -0.4 is 19.4 Å². The van der Waals surface area contributed by atoms with E-state index in [2.05, 4.69) is 0 Å². The molecule has 1 aliphatic rings. The number of carbonyl (C=O) groups excluding carboxylic acids is 1. The Morgan fingerprint density at radius 3 is 2.52 bits per heavy atom. The monoisotopic (exact) mass is 374 g/mol. The van der Waals surface area contributed by atoms with Gasteiger partial charge in [-0.3, -0.25) is 0 Å². The van der Waals surface area contributed by atoms with Crippen molar-refractivity contribution in [3.05, 3.63) is 29.8 Å². The summed E-state index contributed by atoms with van der Waals surface area (Å²) in [5, 5.41) is 30.4. The van der Waals surface area contributed by atoms with E-state index in [0.717, 1.165) is 0 Å². The molecule has 0 spiro atoms. The third kappa shape index (κ3) is 2.48. The van der Waals surface area contributed by atoms with Crippen molar-refractivity contribution in [2.45, 2.75) is 0 Å². The molecule has 140 valence electrons. The average molecular weight is 374 g/mol. The van der Waals surface area contributed by atoms with Crippen molar-refractivity contribution in [2.24, 2.45) is 0 Å². The van der Waals surface area contributed by atoms with E-state index >= 15 is 0 Å². The van der Waals surface area contributed by atoms with Crippen molar-refractivity contribution in [3.63, 3.8) is 0 Å². The summed E-state index contributed by atoms with van der Waals surface area (Å²) in [5.74, 6) is 0.180. The quantitative estimate of drug-likeness (QED) is 0.310. The van der Waals surface area contributed by atoms with Crippen LogP contribution in [0.5, 0.6) is 23.0 Å². The van der Waals surface area contributed by atoms with E-state index < -0.39 is 11.2 Å². The number of fused-ring (bicyclic) bond motifs is 5. The molecule has 0 bridgehead atoms. The van der Waals surface area contributed by atoms with Gasteiger partial charge in [0, 0.05) is 28.3 Å². The Morgan fingerprint density at radius 1 is 1.07 bits per heavy atom. The minimum atomic E-state index is -0.985. The number of carbonyl (C=O) groups is 1. The lowest BCUT2D eigenvalue weighted by Gasteiger charge is -2.15. The third-order valence-corrected chi connectivity index (χ3v) is 4.48. The normalized spacial score (nSPS) is 12.8. The van der Waals surface area contributed by atoms with E-state index in [1.807, 2.05) is 0 Å². The number of quaternary nitrogens is 1. The molecule has 0 saturated carbocycles. The molecule has 9 nitrogen and oxygen atoms in total. The number of phenols is 1. The smallest absolute Gasteiger partial charge is 0.338 e. The van der Waals surface area contributed by atoms with E-state index in [9.17, 15) is 20.3 Å². The van der Waals surface area contributed by atoms with Gasteiger partial charge in [0.25, 0.3) is 0 Å². The Labute approximate surface area is 152 Å². The zero-order valence-corrected chi connectivity index (χ0v) is 14.4. The average Bonchev–Trinajstić information content (AvgIpc) is 3.13. The van der Waals surface area contributed by atoms with Crippen LogP contribution in [0.2, 0.25) is 0 Å². The number of rotatable bonds is 3. The van der Waals surface area contributed by atoms with Crippen LogP contribution in [-0.4, -0.2) is 42.5 Å². The van der Waals surface area contributed by atoms with Gasteiger partial charge in [-0.2, -0.15) is 10.4 Å². The number of hydrogen-bond donors (Lipinski definition) is 4. The lowest BCUT2D eigenvalue weighted by atomic mass is 9.94. The molecule has 9 heteroatoms. The van der Waals surface area contributed by atoms with E-state index in [-0.39, 0.29) is 29.2 Å². The van der Waals surface area contributed by atoms with Gasteiger partial charge < -0.3 is 24.1 Å². The minimum absolute atomic E-state index is 0.0137. The zero-order chi connectivity index (χ0) is 19.3. The predicted octanol–water partition coefficient (Wildman–Crippen LogP) is 1.52. The first-order valence-corrected chi connectivity index (χ1v) is 7.89. The van der Waals surface area contributed by atoms with Crippen molar-refractivity contribution in [1.29, 1.82) is 0 Å². The molecule has 0 saturated heterocycles. The molecular weight excluding hydrogens is 358 g/mol. The molecule has 0 unspecified atom stereocenters. The first-order valence-electron chi connectivity index (χ1n) is 7.89. The maximum Gasteiger partial charge on any atom is 0.338 e. The number of methoxy groups -OCH3 is 2. The zero-order valence-electron chi connectivity index (χ0n) is 14.4. The van der Waals surface area contributed by atoms with Gasteiger partial charge in [0.2, 0.25) is 12.5 Å². The van der Waals surface area contributed by atoms with Crippen LogP contribution in [0.25, 0.3) is 21.5 Å². The first-order chi connectivity index (χ1) is 13.0. The van der Waals surface area contributed by atoms with Crippen molar-refractivity contribution in [1.82, 2.24) is 0 Å². The molecule has 1 heterocycles.